The van der Waals surface area contributed by atoms with Crippen molar-refractivity contribution in [2.24, 2.45) is 0 Å². The summed E-state index contributed by atoms with van der Waals surface area (Å²) in [6, 6.07) is 6.41. The van der Waals surface area contributed by atoms with E-state index in [1.165, 1.54) is 31.2 Å². The highest BCUT2D eigenvalue weighted by atomic mass is 35.5. The first-order valence-corrected chi connectivity index (χ1v) is 6.69. The molecule has 0 bridgehead atoms. The molecule has 2 aliphatic rings. The summed E-state index contributed by atoms with van der Waals surface area (Å²) >= 11 is 6.14. The molecule has 1 aromatic carbocycles. The van der Waals surface area contributed by atoms with Crippen LogP contribution < -0.4 is 0 Å². The third-order valence-electron chi connectivity index (χ3n) is 3.97. The molecule has 0 atom stereocenters. The lowest BCUT2D eigenvalue weighted by molar-refractivity contribution is -0.134. The van der Waals surface area contributed by atoms with Crippen LogP contribution in [-0.4, -0.2) is 16.8 Å². The van der Waals surface area contributed by atoms with Gasteiger partial charge in [0.25, 0.3) is 0 Å². The van der Waals surface area contributed by atoms with E-state index in [1.54, 1.807) is 0 Å². The maximum absolute atomic E-state index is 12.2. The highest BCUT2D eigenvalue weighted by Gasteiger charge is 2.31. The lowest BCUT2D eigenvalue weighted by atomic mass is 9.97. The Bertz CT molecular complexity index is 452. The van der Waals surface area contributed by atoms with Crippen molar-refractivity contribution in [3.63, 3.8) is 0 Å². The summed E-state index contributed by atoms with van der Waals surface area (Å²) in [6.07, 6.45) is 5.34. The Balaban J connectivity index is 1.89. The monoisotopic (exact) mass is 249 g/mol. The van der Waals surface area contributed by atoms with Gasteiger partial charge in [0.05, 0.1) is 6.42 Å². The number of nitrogens with zero attached hydrogens (tertiary/aromatic N) is 1. The second kappa shape index (κ2) is 4.34. The molecule has 17 heavy (non-hydrogen) atoms. The van der Waals surface area contributed by atoms with Crippen LogP contribution in [0.2, 0.25) is 5.02 Å². The number of halogens is 1. The van der Waals surface area contributed by atoms with E-state index in [1.807, 2.05) is 12.1 Å². The molecular formula is C14H16ClNO. The van der Waals surface area contributed by atoms with Crippen LogP contribution in [0.3, 0.4) is 0 Å². The van der Waals surface area contributed by atoms with Crippen LogP contribution >= 0.6 is 11.6 Å². The highest BCUT2D eigenvalue weighted by molar-refractivity contribution is 6.31. The van der Waals surface area contributed by atoms with Gasteiger partial charge in [-0.1, -0.05) is 36.6 Å². The van der Waals surface area contributed by atoms with Gasteiger partial charge in [0.15, 0.2) is 0 Å². The van der Waals surface area contributed by atoms with Crippen LogP contribution in [0.5, 0.6) is 0 Å². The van der Waals surface area contributed by atoms with Gasteiger partial charge < -0.3 is 4.90 Å². The smallest absolute Gasteiger partial charge is 0.227 e. The Kier molecular flexibility index (Phi) is 2.83. The molecule has 1 aliphatic heterocycles. The van der Waals surface area contributed by atoms with E-state index >= 15 is 0 Å². The maximum atomic E-state index is 12.2. The number of benzene rings is 1. The largest absolute Gasteiger partial charge is 0.335 e. The minimum absolute atomic E-state index is 0.248. The quantitative estimate of drug-likeness (QED) is 0.749. The zero-order valence-corrected chi connectivity index (χ0v) is 10.5. The van der Waals surface area contributed by atoms with Gasteiger partial charge in [0, 0.05) is 17.6 Å². The number of rotatable bonds is 1. The van der Waals surface area contributed by atoms with Crippen molar-refractivity contribution in [3.05, 3.63) is 34.3 Å². The average molecular weight is 250 g/mol. The number of carbonyl (C=O) groups excluding carboxylic acids is 1. The molecule has 1 aromatic rings. The molecule has 3 rings (SSSR count). The predicted molar refractivity (Wildman–Crippen MR) is 68.0 cm³/mol. The number of fused-ring (bicyclic) bond motifs is 1. The summed E-state index contributed by atoms with van der Waals surface area (Å²) < 4.78 is 0. The number of amides is 1. The van der Waals surface area contributed by atoms with Crippen LogP contribution in [0.4, 0.5) is 0 Å². The Morgan fingerprint density at radius 2 is 2.00 bits per heavy atom. The molecule has 1 saturated carbocycles. The SMILES string of the molecule is O=C1Cc2c(Cl)cccc2CN1C1CCCC1. The summed E-state index contributed by atoms with van der Waals surface area (Å²) in [5, 5.41) is 0.738. The number of hydrogen-bond donors (Lipinski definition) is 0. The van der Waals surface area contributed by atoms with E-state index in [9.17, 15) is 4.79 Å². The van der Waals surface area contributed by atoms with E-state index in [4.69, 9.17) is 11.6 Å². The van der Waals surface area contributed by atoms with E-state index < -0.39 is 0 Å². The molecule has 1 aliphatic carbocycles. The molecule has 0 aromatic heterocycles. The van der Waals surface area contributed by atoms with Crippen molar-refractivity contribution >= 4 is 17.5 Å². The molecule has 1 fully saturated rings. The van der Waals surface area contributed by atoms with Crippen molar-refractivity contribution in [1.29, 1.82) is 0 Å². The van der Waals surface area contributed by atoms with Crippen LogP contribution in [0.15, 0.2) is 18.2 Å². The maximum Gasteiger partial charge on any atom is 0.227 e. The van der Waals surface area contributed by atoms with Crippen molar-refractivity contribution in [1.82, 2.24) is 4.90 Å². The lowest BCUT2D eigenvalue weighted by Gasteiger charge is -2.34. The first-order valence-electron chi connectivity index (χ1n) is 6.31. The second-order valence-electron chi connectivity index (χ2n) is 5.01. The Hall–Kier alpha value is -1.02. The molecule has 2 nitrogen and oxygen atoms in total. The van der Waals surface area contributed by atoms with Crippen molar-refractivity contribution in [3.8, 4) is 0 Å². The zero-order chi connectivity index (χ0) is 11.8. The van der Waals surface area contributed by atoms with Gasteiger partial charge in [-0.05, 0) is 30.0 Å². The normalized spacial score (nSPS) is 20.8. The fourth-order valence-corrected chi connectivity index (χ4v) is 3.28. The van der Waals surface area contributed by atoms with Gasteiger partial charge >= 0.3 is 0 Å². The Labute approximate surface area is 107 Å². The molecule has 0 N–H and O–H groups in total. The minimum atomic E-state index is 0.248. The first-order chi connectivity index (χ1) is 8.25. The van der Waals surface area contributed by atoms with Gasteiger partial charge in [-0.3, -0.25) is 4.79 Å². The minimum Gasteiger partial charge on any atom is -0.335 e. The predicted octanol–water partition coefficient (Wildman–Crippen LogP) is 3.17. The molecular weight excluding hydrogens is 234 g/mol. The lowest BCUT2D eigenvalue weighted by Crippen LogP contribution is -2.42. The zero-order valence-electron chi connectivity index (χ0n) is 9.79. The van der Waals surface area contributed by atoms with Crippen LogP contribution in [0.1, 0.15) is 36.8 Å². The van der Waals surface area contributed by atoms with E-state index in [-0.39, 0.29) is 5.91 Å². The molecule has 1 amide bonds. The Morgan fingerprint density at radius 1 is 1.24 bits per heavy atom. The van der Waals surface area contributed by atoms with E-state index in [0.29, 0.717) is 12.5 Å². The van der Waals surface area contributed by atoms with Gasteiger partial charge in [0.1, 0.15) is 0 Å². The average Bonchev–Trinajstić information content (AvgIpc) is 2.83. The molecule has 90 valence electrons. The summed E-state index contributed by atoms with van der Waals surface area (Å²) in [5.41, 5.74) is 2.26. The standard InChI is InChI=1S/C14H16ClNO/c15-13-7-3-4-10-9-16(11-5-1-2-6-11)14(17)8-12(10)13/h3-4,7,11H,1-2,5-6,8-9H2. The topological polar surface area (TPSA) is 20.3 Å². The Morgan fingerprint density at radius 3 is 2.76 bits per heavy atom. The van der Waals surface area contributed by atoms with Gasteiger partial charge in [0.2, 0.25) is 5.91 Å². The summed E-state index contributed by atoms with van der Waals surface area (Å²) in [7, 11) is 0. The molecule has 1 heterocycles. The molecule has 0 unspecified atom stereocenters. The third-order valence-corrected chi connectivity index (χ3v) is 4.32. The van der Waals surface area contributed by atoms with E-state index in [2.05, 4.69) is 11.0 Å². The first kappa shape index (κ1) is 11.1. The van der Waals surface area contributed by atoms with Crippen LogP contribution in [0.25, 0.3) is 0 Å². The third kappa shape index (κ3) is 1.95. The molecule has 0 saturated heterocycles. The molecule has 0 radical (unpaired) electrons. The molecule has 3 heteroatoms. The fraction of sp³-hybridized carbons (Fsp3) is 0.500. The fourth-order valence-electron chi connectivity index (χ4n) is 3.02. The van der Waals surface area contributed by atoms with Gasteiger partial charge in [-0.25, -0.2) is 0 Å². The van der Waals surface area contributed by atoms with E-state index in [0.717, 1.165) is 17.1 Å². The van der Waals surface area contributed by atoms with Gasteiger partial charge in [-0.2, -0.15) is 0 Å². The molecule has 0 spiro atoms. The van der Waals surface area contributed by atoms with Crippen molar-refractivity contribution < 1.29 is 4.79 Å². The number of hydrogen-bond acceptors (Lipinski definition) is 1. The van der Waals surface area contributed by atoms with Crippen molar-refractivity contribution in [2.75, 3.05) is 0 Å². The van der Waals surface area contributed by atoms with Crippen LogP contribution in [-0.2, 0) is 17.8 Å². The van der Waals surface area contributed by atoms with Crippen LogP contribution in [0, 0.1) is 0 Å². The van der Waals surface area contributed by atoms with Crippen molar-refractivity contribution in [2.45, 2.75) is 44.7 Å². The second-order valence-corrected chi connectivity index (χ2v) is 5.42. The summed E-state index contributed by atoms with van der Waals surface area (Å²) in [4.78, 5) is 14.2. The summed E-state index contributed by atoms with van der Waals surface area (Å²) in [5.74, 6) is 0.248. The number of carbonyl (C=O) groups is 1. The van der Waals surface area contributed by atoms with Gasteiger partial charge in [-0.15, -0.1) is 0 Å². The summed E-state index contributed by atoms with van der Waals surface area (Å²) in [6.45, 7) is 0.749. The highest BCUT2D eigenvalue weighted by Crippen LogP contribution is 2.31.